The zero-order chi connectivity index (χ0) is 19.7. The van der Waals surface area contributed by atoms with Crippen molar-refractivity contribution in [2.24, 2.45) is 0 Å². The number of nitriles is 2. The first-order chi connectivity index (χ1) is 13.6. The van der Waals surface area contributed by atoms with Crippen LogP contribution in [0.3, 0.4) is 0 Å². The number of carbonyl (C=O) groups is 1. The molecular formula is C22H13N3OS2. The summed E-state index contributed by atoms with van der Waals surface area (Å²) in [5.74, 6) is -0.157. The minimum atomic E-state index is -0.157. The van der Waals surface area contributed by atoms with Crippen molar-refractivity contribution >= 4 is 50.1 Å². The van der Waals surface area contributed by atoms with E-state index in [0.717, 1.165) is 14.9 Å². The number of carbonyl (C=O) groups excluding carboxylic acids is 1. The van der Waals surface area contributed by atoms with Gasteiger partial charge in [0.2, 0.25) is 0 Å². The highest BCUT2D eigenvalue weighted by atomic mass is 32.1. The molecule has 1 aliphatic rings. The summed E-state index contributed by atoms with van der Waals surface area (Å²) >= 11 is 3.21. The number of thiophene rings is 2. The maximum Gasteiger partial charge on any atom is 0.194 e. The van der Waals surface area contributed by atoms with Crippen molar-refractivity contribution in [2.75, 3.05) is 11.9 Å². The second-order valence-electron chi connectivity index (χ2n) is 6.09. The van der Waals surface area contributed by atoms with Crippen LogP contribution >= 0.6 is 22.7 Å². The van der Waals surface area contributed by atoms with E-state index in [4.69, 9.17) is 0 Å². The second kappa shape index (κ2) is 7.28. The van der Waals surface area contributed by atoms with Crippen molar-refractivity contribution in [1.29, 1.82) is 10.5 Å². The van der Waals surface area contributed by atoms with Crippen molar-refractivity contribution in [3.8, 4) is 12.1 Å². The predicted molar refractivity (Wildman–Crippen MR) is 114 cm³/mol. The highest BCUT2D eigenvalue weighted by molar-refractivity contribution is 7.18. The van der Waals surface area contributed by atoms with Crippen molar-refractivity contribution in [2.45, 2.75) is 0 Å². The van der Waals surface area contributed by atoms with Gasteiger partial charge in [-0.05, 0) is 41.3 Å². The van der Waals surface area contributed by atoms with Crippen molar-refractivity contribution in [3.63, 3.8) is 0 Å². The fourth-order valence-corrected chi connectivity index (χ4v) is 4.85. The molecule has 0 fully saturated rings. The van der Waals surface area contributed by atoms with Gasteiger partial charge in [0.1, 0.15) is 17.7 Å². The summed E-state index contributed by atoms with van der Waals surface area (Å²) in [7, 11) is 2.00. The number of Topliss-reactive ketones (excluding diaryl/α,β-unsaturated/α-hetero) is 1. The molecule has 0 saturated heterocycles. The van der Waals surface area contributed by atoms with E-state index >= 15 is 0 Å². The van der Waals surface area contributed by atoms with Crippen LogP contribution in [0.2, 0.25) is 0 Å². The van der Waals surface area contributed by atoms with Gasteiger partial charge in [-0.3, -0.25) is 4.79 Å². The Morgan fingerprint density at radius 2 is 1.75 bits per heavy atom. The van der Waals surface area contributed by atoms with Crippen LogP contribution in [0.25, 0.3) is 11.6 Å². The lowest BCUT2D eigenvalue weighted by atomic mass is 9.99. The lowest BCUT2D eigenvalue weighted by Crippen LogP contribution is -2.04. The van der Waals surface area contributed by atoms with E-state index in [2.05, 4.69) is 4.90 Å². The van der Waals surface area contributed by atoms with Crippen LogP contribution in [-0.4, -0.2) is 12.8 Å². The average molecular weight is 400 g/mol. The molecule has 6 heteroatoms. The number of hydrogen-bond donors (Lipinski definition) is 0. The van der Waals surface area contributed by atoms with Crippen LogP contribution in [0.1, 0.15) is 20.8 Å². The molecule has 0 saturated carbocycles. The van der Waals surface area contributed by atoms with Gasteiger partial charge >= 0.3 is 0 Å². The quantitative estimate of drug-likeness (QED) is 0.421. The summed E-state index contributed by atoms with van der Waals surface area (Å²) in [5, 5.41) is 23.0. The lowest BCUT2D eigenvalue weighted by Gasteiger charge is -2.13. The molecular weight excluding hydrogens is 386 g/mol. The highest BCUT2D eigenvalue weighted by Crippen LogP contribution is 2.41. The molecule has 0 aliphatic heterocycles. The summed E-state index contributed by atoms with van der Waals surface area (Å²) in [4.78, 5) is 15.9. The Labute approximate surface area is 170 Å². The maximum absolute atomic E-state index is 12.9. The Kier molecular flexibility index (Phi) is 4.67. The number of allylic oxidation sites excluding steroid dienone is 3. The third kappa shape index (κ3) is 2.95. The third-order valence-corrected chi connectivity index (χ3v) is 6.55. The topological polar surface area (TPSA) is 67.9 Å². The molecule has 3 aromatic rings. The monoisotopic (exact) mass is 399 g/mol. The molecule has 0 radical (unpaired) electrons. The van der Waals surface area contributed by atoms with Crippen LogP contribution in [0.4, 0.5) is 10.0 Å². The number of rotatable bonds is 3. The number of nitrogens with zero attached hydrogens (tertiary/aromatic N) is 3. The highest BCUT2D eigenvalue weighted by Gasteiger charge is 2.32. The van der Waals surface area contributed by atoms with E-state index < -0.39 is 0 Å². The van der Waals surface area contributed by atoms with Crippen LogP contribution in [-0.2, 0) is 0 Å². The standard InChI is InChI=1S/C22H13N3OS2/c1-25(19-7-4-10-27-19)20-9-8-15(28-20)11-18-21(14(12-23)13-24)16-5-2-3-6-17(16)22(18)26/h2-11H,1H3/b18-11-. The second-order valence-corrected chi connectivity index (χ2v) is 8.11. The number of ketones is 1. The largest absolute Gasteiger partial charge is 0.328 e. The van der Waals surface area contributed by atoms with Crippen LogP contribution in [0.5, 0.6) is 0 Å². The molecule has 4 rings (SSSR count). The Balaban J connectivity index is 1.80. The lowest BCUT2D eigenvalue weighted by molar-refractivity contribution is 0.104. The van der Waals surface area contributed by atoms with Gasteiger partial charge in [-0.25, -0.2) is 0 Å². The molecule has 2 aromatic heterocycles. The summed E-state index contributed by atoms with van der Waals surface area (Å²) in [6.07, 6.45) is 1.78. The van der Waals surface area contributed by atoms with Crippen LogP contribution in [0, 0.1) is 22.7 Å². The Bertz CT molecular complexity index is 1200. The molecule has 134 valence electrons. The maximum atomic E-state index is 12.9. The van der Waals surface area contributed by atoms with Gasteiger partial charge in [0.05, 0.1) is 10.0 Å². The third-order valence-electron chi connectivity index (χ3n) is 4.50. The molecule has 2 heterocycles. The van der Waals surface area contributed by atoms with Gasteiger partial charge < -0.3 is 4.90 Å². The first-order valence-corrected chi connectivity index (χ1v) is 10.1. The van der Waals surface area contributed by atoms with E-state index in [1.165, 1.54) is 0 Å². The van der Waals surface area contributed by atoms with Gasteiger partial charge in [-0.15, -0.1) is 22.7 Å². The number of benzene rings is 1. The summed E-state index contributed by atoms with van der Waals surface area (Å²) < 4.78 is 0. The fourth-order valence-electron chi connectivity index (χ4n) is 3.16. The zero-order valence-corrected chi connectivity index (χ0v) is 16.5. The normalized spacial score (nSPS) is 13.9. The first kappa shape index (κ1) is 17.9. The molecule has 4 nitrogen and oxygen atoms in total. The van der Waals surface area contributed by atoms with E-state index in [1.54, 1.807) is 53.0 Å². The van der Waals surface area contributed by atoms with Crippen molar-refractivity contribution < 1.29 is 4.79 Å². The van der Waals surface area contributed by atoms with Crippen LogP contribution in [0.15, 0.2) is 65.1 Å². The minimum absolute atomic E-state index is 0.0444. The molecule has 28 heavy (non-hydrogen) atoms. The Morgan fingerprint density at radius 1 is 1.00 bits per heavy atom. The van der Waals surface area contributed by atoms with E-state index in [1.807, 2.05) is 48.8 Å². The molecule has 0 spiro atoms. The SMILES string of the molecule is CN(c1cccs1)c1ccc(/C=C2\C(=O)c3ccccc3C2=C(C#N)C#N)s1. The van der Waals surface area contributed by atoms with Crippen LogP contribution < -0.4 is 4.90 Å². The summed E-state index contributed by atoms with van der Waals surface area (Å²) in [5.41, 5.74) is 1.94. The smallest absolute Gasteiger partial charge is 0.194 e. The van der Waals surface area contributed by atoms with Crippen molar-refractivity contribution in [3.05, 3.63) is 81.1 Å². The average Bonchev–Trinajstić information content (AvgIpc) is 3.46. The summed E-state index contributed by atoms with van der Waals surface area (Å²) in [6, 6.07) is 19.0. The minimum Gasteiger partial charge on any atom is -0.328 e. The molecule has 0 unspecified atom stereocenters. The summed E-state index contributed by atoms with van der Waals surface area (Å²) in [6.45, 7) is 0. The number of hydrogen-bond acceptors (Lipinski definition) is 6. The molecule has 0 bridgehead atoms. The first-order valence-electron chi connectivity index (χ1n) is 8.41. The van der Waals surface area contributed by atoms with Gasteiger partial charge in [0, 0.05) is 28.6 Å². The molecule has 1 aliphatic carbocycles. The number of fused-ring (bicyclic) bond motifs is 1. The zero-order valence-electron chi connectivity index (χ0n) is 14.8. The Hall–Kier alpha value is -3.45. The van der Waals surface area contributed by atoms with E-state index in [9.17, 15) is 15.3 Å². The van der Waals surface area contributed by atoms with Gasteiger partial charge in [0.15, 0.2) is 5.78 Å². The Morgan fingerprint density at radius 3 is 2.43 bits per heavy atom. The van der Waals surface area contributed by atoms with Gasteiger partial charge in [-0.2, -0.15) is 10.5 Å². The van der Waals surface area contributed by atoms with E-state index in [-0.39, 0.29) is 11.4 Å². The molecule has 1 aromatic carbocycles. The molecule has 0 amide bonds. The number of anilines is 2. The molecule has 0 atom stereocenters. The predicted octanol–water partition coefficient (Wildman–Crippen LogP) is 5.66. The fraction of sp³-hybridized carbons (Fsp3) is 0.0455. The van der Waals surface area contributed by atoms with E-state index in [0.29, 0.717) is 22.3 Å². The van der Waals surface area contributed by atoms with Gasteiger partial charge in [0.25, 0.3) is 0 Å². The van der Waals surface area contributed by atoms with Gasteiger partial charge in [-0.1, -0.05) is 24.3 Å². The van der Waals surface area contributed by atoms with Crippen molar-refractivity contribution in [1.82, 2.24) is 0 Å². The molecule has 0 N–H and O–H groups in total.